The van der Waals surface area contributed by atoms with E-state index in [0.29, 0.717) is 6.04 Å². The van der Waals surface area contributed by atoms with Crippen molar-refractivity contribution in [2.45, 2.75) is 44.0 Å². The van der Waals surface area contributed by atoms with Crippen molar-refractivity contribution in [3.8, 4) is 0 Å². The van der Waals surface area contributed by atoms with Crippen LogP contribution in [0.5, 0.6) is 0 Å². The lowest BCUT2D eigenvalue weighted by Crippen LogP contribution is -2.42. The Bertz CT molecular complexity index is 605. The van der Waals surface area contributed by atoms with Gasteiger partial charge in [0, 0.05) is 43.7 Å². The Morgan fingerprint density at radius 3 is 2.88 bits per heavy atom. The largest absolute Gasteiger partial charge is 0.364 e. The maximum atomic E-state index is 4.40. The lowest BCUT2D eigenvalue weighted by atomic mass is 10.2. The van der Waals surface area contributed by atoms with Gasteiger partial charge in [-0.15, -0.1) is 0 Å². The van der Waals surface area contributed by atoms with E-state index >= 15 is 0 Å². The summed E-state index contributed by atoms with van der Waals surface area (Å²) in [5, 5.41) is 7.89. The first-order valence-corrected chi connectivity index (χ1v) is 10.4. The van der Waals surface area contributed by atoms with Crippen LogP contribution < -0.4 is 15.5 Å². The molecule has 2 unspecified atom stereocenters. The Kier molecular flexibility index (Phi) is 6.68. The third kappa shape index (κ3) is 5.18. The topological polar surface area (TPSA) is 39.7 Å². The molecule has 0 amide bonds. The van der Waals surface area contributed by atoms with Gasteiger partial charge in [-0.1, -0.05) is 31.2 Å². The molecular weight excluding hydrogens is 328 g/mol. The van der Waals surface area contributed by atoms with Gasteiger partial charge in [0.1, 0.15) is 0 Å². The first-order valence-electron chi connectivity index (χ1n) is 9.36. The number of nitrogens with one attached hydrogen (secondary N) is 2. The fourth-order valence-electron chi connectivity index (χ4n) is 3.58. The first-order chi connectivity index (χ1) is 12.3. The van der Waals surface area contributed by atoms with E-state index in [2.05, 4.69) is 75.6 Å². The van der Waals surface area contributed by atoms with E-state index in [1.165, 1.54) is 36.3 Å². The molecule has 1 aliphatic carbocycles. The van der Waals surface area contributed by atoms with Gasteiger partial charge in [-0.3, -0.25) is 4.99 Å². The number of thioether (sulfide) groups is 1. The number of nitrogens with zero attached hydrogens (tertiary/aromatic N) is 2. The van der Waals surface area contributed by atoms with Gasteiger partial charge in [-0.2, -0.15) is 11.8 Å². The van der Waals surface area contributed by atoms with E-state index in [1.54, 1.807) is 0 Å². The van der Waals surface area contributed by atoms with Crippen LogP contribution >= 0.6 is 11.8 Å². The molecule has 1 aromatic rings. The van der Waals surface area contributed by atoms with Crippen LogP contribution in [0.2, 0.25) is 0 Å². The van der Waals surface area contributed by atoms with Crippen molar-refractivity contribution in [3.05, 3.63) is 42.0 Å². The van der Waals surface area contributed by atoms with E-state index in [9.17, 15) is 0 Å². The van der Waals surface area contributed by atoms with E-state index in [-0.39, 0.29) is 0 Å². The Morgan fingerprint density at radius 1 is 1.28 bits per heavy atom. The van der Waals surface area contributed by atoms with Crippen molar-refractivity contribution in [1.29, 1.82) is 0 Å². The summed E-state index contributed by atoms with van der Waals surface area (Å²) in [6.45, 7) is 5.07. The van der Waals surface area contributed by atoms with Gasteiger partial charge in [-0.25, -0.2) is 0 Å². The molecule has 0 saturated heterocycles. The smallest absolute Gasteiger partial charge is 0.191 e. The van der Waals surface area contributed by atoms with E-state index in [0.717, 1.165) is 30.8 Å². The SMILES string of the molecule is CCSC1CCC(NC(=NC)NCc2cccc(N3CC=CC3)c2)C1. The number of hydrogen-bond acceptors (Lipinski definition) is 3. The van der Waals surface area contributed by atoms with E-state index < -0.39 is 0 Å². The predicted octanol–water partition coefficient (Wildman–Crippen LogP) is 3.40. The van der Waals surface area contributed by atoms with Crippen molar-refractivity contribution in [2.24, 2.45) is 4.99 Å². The van der Waals surface area contributed by atoms with Gasteiger partial charge in [0.15, 0.2) is 5.96 Å². The van der Waals surface area contributed by atoms with Crippen LogP contribution in [0.3, 0.4) is 0 Å². The highest BCUT2D eigenvalue weighted by Crippen LogP contribution is 2.29. The summed E-state index contributed by atoms with van der Waals surface area (Å²) >= 11 is 2.09. The summed E-state index contributed by atoms with van der Waals surface area (Å²) < 4.78 is 0. The first kappa shape index (κ1) is 18.2. The summed E-state index contributed by atoms with van der Waals surface area (Å²) in [6.07, 6.45) is 8.26. The molecule has 2 atom stereocenters. The van der Waals surface area contributed by atoms with Gasteiger partial charge >= 0.3 is 0 Å². The fourth-order valence-corrected chi connectivity index (χ4v) is 4.73. The highest BCUT2D eigenvalue weighted by atomic mass is 32.2. The molecule has 3 rings (SSSR count). The molecule has 136 valence electrons. The fraction of sp³-hybridized carbons (Fsp3) is 0.550. The standard InChI is InChI=1S/C20H30N4S/c1-3-25-19-10-9-17(14-19)23-20(21-2)22-15-16-7-6-8-18(13-16)24-11-4-5-12-24/h4-8,13,17,19H,3,9-12,14-15H2,1-2H3,(H2,21,22,23). The van der Waals surface area contributed by atoms with Crippen LogP contribution in [0.4, 0.5) is 5.69 Å². The van der Waals surface area contributed by atoms with Crippen LogP contribution in [0.25, 0.3) is 0 Å². The Labute approximate surface area is 156 Å². The lowest BCUT2D eigenvalue weighted by molar-refractivity contribution is 0.614. The van der Waals surface area contributed by atoms with Crippen molar-refractivity contribution < 1.29 is 0 Å². The molecule has 0 aromatic heterocycles. The highest BCUT2D eigenvalue weighted by Gasteiger charge is 2.25. The molecule has 2 aliphatic rings. The quantitative estimate of drug-likeness (QED) is 0.464. The number of benzene rings is 1. The molecule has 1 fully saturated rings. The number of guanidine groups is 1. The average molecular weight is 359 g/mol. The highest BCUT2D eigenvalue weighted by molar-refractivity contribution is 7.99. The van der Waals surface area contributed by atoms with Gasteiger partial charge in [0.2, 0.25) is 0 Å². The summed E-state index contributed by atoms with van der Waals surface area (Å²) in [5.41, 5.74) is 2.58. The number of rotatable bonds is 6. The second-order valence-electron chi connectivity index (χ2n) is 6.70. The van der Waals surface area contributed by atoms with Crippen molar-refractivity contribution in [1.82, 2.24) is 10.6 Å². The van der Waals surface area contributed by atoms with Gasteiger partial charge in [0.25, 0.3) is 0 Å². The monoisotopic (exact) mass is 358 g/mol. The zero-order valence-electron chi connectivity index (χ0n) is 15.4. The molecule has 1 heterocycles. The molecule has 2 N–H and O–H groups in total. The minimum Gasteiger partial charge on any atom is -0.364 e. The molecule has 0 radical (unpaired) electrons. The van der Waals surface area contributed by atoms with Crippen molar-refractivity contribution in [3.63, 3.8) is 0 Å². The van der Waals surface area contributed by atoms with E-state index in [4.69, 9.17) is 0 Å². The predicted molar refractivity (Wildman–Crippen MR) is 111 cm³/mol. The molecule has 1 saturated carbocycles. The molecular formula is C20H30N4S. The Balaban J connectivity index is 1.49. The van der Waals surface area contributed by atoms with Crippen LogP contribution in [-0.4, -0.2) is 43.1 Å². The molecule has 0 bridgehead atoms. The summed E-state index contributed by atoms with van der Waals surface area (Å²) in [6, 6.07) is 9.34. The van der Waals surface area contributed by atoms with Crippen LogP contribution in [0, 0.1) is 0 Å². The van der Waals surface area contributed by atoms with Crippen molar-refractivity contribution in [2.75, 3.05) is 30.8 Å². The number of hydrogen-bond donors (Lipinski definition) is 2. The third-order valence-corrected chi connectivity index (χ3v) is 6.14. The van der Waals surface area contributed by atoms with Crippen LogP contribution in [-0.2, 0) is 6.54 Å². The molecule has 0 spiro atoms. The molecule has 5 heteroatoms. The second kappa shape index (κ2) is 9.18. The lowest BCUT2D eigenvalue weighted by Gasteiger charge is -2.20. The third-order valence-electron chi connectivity index (χ3n) is 4.91. The van der Waals surface area contributed by atoms with Crippen LogP contribution in [0.15, 0.2) is 41.4 Å². The summed E-state index contributed by atoms with van der Waals surface area (Å²) in [4.78, 5) is 6.78. The van der Waals surface area contributed by atoms with Gasteiger partial charge in [0.05, 0.1) is 0 Å². The molecule has 1 aromatic carbocycles. The zero-order chi connectivity index (χ0) is 17.5. The minimum absolute atomic E-state index is 0.553. The Hall–Kier alpha value is -1.62. The molecule has 1 aliphatic heterocycles. The summed E-state index contributed by atoms with van der Waals surface area (Å²) in [7, 11) is 1.86. The molecule has 4 nitrogen and oxygen atoms in total. The Morgan fingerprint density at radius 2 is 2.12 bits per heavy atom. The minimum atomic E-state index is 0.553. The van der Waals surface area contributed by atoms with E-state index in [1.807, 2.05) is 7.05 Å². The number of aliphatic imine (C=N–C) groups is 1. The van der Waals surface area contributed by atoms with Gasteiger partial charge in [-0.05, 0) is 42.7 Å². The number of anilines is 1. The van der Waals surface area contributed by atoms with Crippen LogP contribution in [0.1, 0.15) is 31.7 Å². The average Bonchev–Trinajstić information content (AvgIpc) is 3.31. The normalized spacial score (nSPS) is 23.3. The maximum absolute atomic E-state index is 4.40. The van der Waals surface area contributed by atoms with Gasteiger partial charge < -0.3 is 15.5 Å². The zero-order valence-corrected chi connectivity index (χ0v) is 16.2. The summed E-state index contributed by atoms with van der Waals surface area (Å²) in [5.74, 6) is 2.13. The van der Waals surface area contributed by atoms with Crippen molar-refractivity contribution >= 4 is 23.4 Å². The molecule has 25 heavy (non-hydrogen) atoms. The maximum Gasteiger partial charge on any atom is 0.191 e. The second-order valence-corrected chi connectivity index (χ2v) is 8.28.